The SMILES string of the molecule is C#Cc1c(F)ccc2cc(O)cc(-c3ncc4c(N5C[C@H]6CC[C@@H](C5)C6C#N)nc(OC[C@@]56CCCN5C[C@H](F)C6)nc4c3F)c12. The summed E-state index contributed by atoms with van der Waals surface area (Å²) in [6.45, 7) is 2.49. The van der Waals surface area contributed by atoms with E-state index in [1.807, 2.05) is 0 Å². The van der Waals surface area contributed by atoms with Crippen LogP contribution in [-0.2, 0) is 0 Å². The molecule has 0 spiro atoms. The molecule has 3 aliphatic heterocycles. The number of phenols is 1. The maximum Gasteiger partial charge on any atom is 0.319 e. The molecule has 1 unspecified atom stereocenters. The Kier molecular flexibility index (Phi) is 6.73. The first-order valence-electron chi connectivity index (χ1n) is 15.7. The summed E-state index contributed by atoms with van der Waals surface area (Å²) in [6, 6.07) is 7.86. The molecule has 1 N–H and O–H groups in total. The molecule has 1 aliphatic carbocycles. The molecule has 4 aromatic rings. The summed E-state index contributed by atoms with van der Waals surface area (Å²) in [5.41, 5.74) is -0.616. The van der Waals surface area contributed by atoms with Crippen molar-refractivity contribution >= 4 is 27.5 Å². The Bertz CT molecular complexity index is 1980. The number of ether oxygens (including phenoxy) is 1. The fraction of sp³-hybridized carbons (Fsp3) is 0.429. The molecule has 1 saturated carbocycles. The molecular formula is C35H31F3N6O2. The normalized spacial score (nSPS) is 27.2. The molecule has 234 valence electrons. The second-order valence-electron chi connectivity index (χ2n) is 13.2. The topological polar surface area (TPSA) is 98.4 Å². The predicted octanol–water partition coefficient (Wildman–Crippen LogP) is 5.75. The Morgan fingerprint density at radius 1 is 1.13 bits per heavy atom. The van der Waals surface area contributed by atoms with E-state index in [0.29, 0.717) is 42.6 Å². The zero-order valence-electron chi connectivity index (χ0n) is 25.0. The number of fused-ring (bicyclic) bond motifs is 5. The number of aromatic hydroxyl groups is 1. The standard InChI is InChI=1S/C35H31F3N6O2/c1-2-24-28(37)7-6-19-10-23(45)11-25(29(19)24)31-30(38)32-27(14-40-31)33(43-15-20-4-5-21(16-43)26(20)13-39)42-34(41-32)46-18-35-8-3-9-44(35)17-22(36)12-35/h1,6-7,10-11,14,20-22,26,45H,3-5,8-9,12,15-18H2/t20-,21+,22-,26?,35+/m1/s1. The summed E-state index contributed by atoms with van der Waals surface area (Å²) in [5.74, 6) is 1.50. The summed E-state index contributed by atoms with van der Waals surface area (Å²) >= 11 is 0. The minimum absolute atomic E-state index is 0.0326. The first kappa shape index (κ1) is 28.8. The van der Waals surface area contributed by atoms with Gasteiger partial charge in [0.1, 0.15) is 41.4 Å². The van der Waals surface area contributed by atoms with Crippen molar-refractivity contribution in [1.29, 1.82) is 5.26 Å². The summed E-state index contributed by atoms with van der Waals surface area (Å²) < 4.78 is 52.3. The van der Waals surface area contributed by atoms with Gasteiger partial charge in [-0.15, -0.1) is 6.42 Å². The molecule has 5 heterocycles. The number of nitrogens with zero attached hydrogens (tertiary/aromatic N) is 6. The summed E-state index contributed by atoms with van der Waals surface area (Å²) in [6.07, 6.45) is 10.2. The van der Waals surface area contributed by atoms with Crippen molar-refractivity contribution in [2.24, 2.45) is 17.8 Å². The molecule has 4 aliphatic rings. The Balaban J connectivity index is 1.27. The lowest BCUT2D eigenvalue weighted by molar-refractivity contribution is 0.107. The molecule has 8 nitrogen and oxygen atoms in total. The minimum Gasteiger partial charge on any atom is -0.508 e. The Morgan fingerprint density at radius 3 is 2.70 bits per heavy atom. The van der Waals surface area contributed by atoms with Crippen molar-refractivity contribution in [2.45, 2.75) is 43.8 Å². The Labute approximate surface area is 263 Å². The van der Waals surface area contributed by atoms with Gasteiger partial charge in [0.15, 0.2) is 5.82 Å². The van der Waals surface area contributed by atoms with Gasteiger partial charge in [-0.2, -0.15) is 15.2 Å². The lowest BCUT2D eigenvalue weighted by atomic mass is 9.86. The van der Waals surface area contributed by atoms with Gasteiger partial charge in [-0.3, -0.25) is 9.88 Å². The smallest absolute Gasteiger partial charge is 0.319 e. The highest BCUT2D eigenvalue weighted by molar-refractivity contribution is 6.03. The molecule has 2 aromatic heterocycles. The molecule has 11 heteroatoms. The number of anilines is 1. The highest BCUT2D eigenvalue weighted by Crippen LogP contribution is 2.45. The van der Waals surface area contributed by atoms with E-state index in [9.17, 15) is 19.1 Å². The number of nitriles is 1. The van der Waals surface area contributed by atoms with E-state index in [0.717, 1.165) is 32.2 Å². The van der Waals surface area contributed by atoms with E-state index in [1.165, 1.54) is 30.5 Å². The Morgan fingerprint density at radius 2 is 1.93 bits per heavy atom. The van der Waals surface area contributed by atoms with Crippen LogP contribution in [0.2, 0.25) is 0 Å². The summed E-state index contributed by atoms with van der Waals surface area (Å²) in [5, 5.41) is 21.3. The van der Waals surface area contributed by atoms with E-state index >= 15 is 4.39 Å². The van der Waals surface area contributed by atoms with Gasteiger partial charge in [-0.05, 0) is 67.6 Å². The van der Waals surface area contributed by atoms with Gasteiger partial charge >= 0.3 is 6.01 Å². The first-order valence-corrected chi connectivity index (χ1v) is 15.7. The number of terminal acetylenes is 1. The molecular weight excluding hydrogens is 593 g/mol. The van der Waals surface area contributed by atoms with Crippen LogP contribution in [0.25, 0.3) is 32.9 Å². The van der Waals surface area contributed by atoms with Crippen LogP contribution in [0.15, 0.2) is 30.5 Å². The maximum absolute atomic E-state index is 16.8. The van der Waals surface area contributed by atoms with Crippen LogP contribution in [0.4, 0.5) is 19.0 Å². The van der Waals surface area contributed by atoms with Crippen LogP contribution in [0, 0.1) is 53.1 Å². The van der Waals surface area contributed by atoms with E-state index in [2.05, 4.69) is 31.8 Å². The van der Waals surface area contributed by atoms with Crippen LogP contribution < -0.4 is 9.64 Å². The second-order valence-corrected chi connectivity index (χ2v) is 13.2. The van der Waals surface area contributed by atoms with Crippen molar-refractivity contribution in [1.82, 2.24) is 19.9 Å². The summed E-state index contributed by atoms with van der Waals surface area (Å²) in [7, 11) is 0. The van der Waals surface area contributed by atoms with Crippen LogP contribution in [0.1, 0.15) is 37.7 Å². The number of alkyl halides is 1. The fourth-order valence-electron chi connectivity index (χ4n) is 8.52. The monoisotopic (exact) mass is 624 g/mol. The number of rotatable bonds is 5. The largest absolute Gasteiger partial charge is 0.508 e. The van der Waals surface area contributed by atoms with Crippen molar-refractivity contribution in [3.63, 3.8) is 0 Å². The molecule has 2 bridgehead atoms. The van der Waals surface area contributed by atoms with Gasteiger partial charge in [-0.1, -0.05) is 12.0 Å². The molecule has 0 amide bonds. The number of piperidine rings is 1. The minimum atomic E-state index is -0.935. The van der Waals surface area contributed by atoms with E-state index in [1.54, 1.807) is 0 Å². The average molecular weight is 625 g/mol. The molecule has 3 saturated heterocycles. The predicted molar refractivity (Wildman–Crippen MR) is 166 cm³/mol. The zero-order valence-corrected chi connectivity index (χ0v) is 25.0. The molecule has 0 radical (unpaired) electrons. The van der Waals surface area contributed by atoms with Gasteiger partial charge in [0.25, 0.3) is 0 Å². The number of pyridine rings is 1. The maximum atomic E-state index is 16.8. The highest BCUT2D eigenvalue weighted by atomic mass is 19.1. The third-order valence-corrected chi connectivity index (χ3v) is 10.6. The number of halogens is 3. The molecule has 5 atom stereocenters. The van der Waals surface area contributed by atoms with Crippen LogP contribution >= 0.6 is 0 Å². The number of phenolic OH excluding ortho intramolecular Hbond substituents is 1. The number of benzene rings is 2. The first-order chi connectivity index (χ1) is 22.3. The van der Waals surface area contributed by atoms with E-state index < -0.39 is 23.3 Å². The molecule has 4 fully saturated rings. The average Bonchev–Trinajstić information content (AvgIpc) is 3.65. The fourth-order valence-corrected chi connectivity index (χ4v) is 8.52. The van der Waals surface area contributed by atoms with E-state index in [4.69, 9.17) is 16.1 Å². The van der Waals surface area contributed by atoms with Gasteiger partial charge < -0.3 is 14.7 Å². The van der Waals surface area contributed by atoms with Gasteiger partial charge in [0.05, 0.1) is 28.5 Å². The van der Waals surface area contributed by atoms with Crippen molar-refractivity contribution in [2.75, 3.05) is 37.7 Å². The number of aromatic nitrogens is 3. The van der Waals surface area contributed by atoms with Gasteiger partial charge in [-0.25, -0.2) is 13.2 Å². The number of hydrogen-bond donors (Lipinski definition) is 1. The van der Waals surface area contributed by atoms with E-state index in [-0.39, 0.29) is 63.8 Å². The number of hydrogen-bond acceptors (Lipinski definition) is 8. The lowest BCUT2D eigenvalue weighted by Crippen LogP contribution is -2.44. The molecule has 8 rings (SSSR count). The quantitative estimate of drug-likeness (QED) is 0.281. The van der Waals surface area contributed by atoms with Crippen LogP contribution in [0.5, 0.6) is 11.8 Å². The Hall–Kier alpha value is -4.61. The molecule has 2 aromatic carbocycles. The lowest BCUT2D eigenvalue weighted by Gasteiger charge is -2.36. The summed E-state index contributed by atoms with van der Waals surface area (Å²) in [4.78, 5) is 18.0. The van der Waals surface area contributed by atoms with Gasteiger partial charge in [0.2, 0.25) is 0 Å². The third-order valence-electron chi connectivity index (χ3n) is 10.6. The second kappa shape index (κ2) is 10.7. The molecule has 46 heavy (non-hydrogen) atoms. The van der Waals surface area contributed by atoms with Crippen molar-refractivity contribution in [3.05, 3.63) is 47.7 Å². The highest BCUT2D eigenvalue weighted by Gasteiger charge is 2.49. The van der Waals surface area contributed by atoms with Crippen molar-refractivity contribution < 1.29 is 23.0 Å². The van der Waals surface area contributed by atoms with Crippen LogP contribution in [0.3, 0.4) is 0 Å². The zero-order chi connectivity index (χ0) is 31.7. The van der Waals surface area contributed by atoms with Crippen molar-refractivity contribution in [3.8, 4) is 41.4 Å². The third kappa shape index (κ3) is 4.44. The van der Waals surface area contributed by atoms with Gasteiger partial charge in [0, 0.05) is 43.2 Å². The van der Waals surface area contributed by atoms with Crippen LogP contribution in [-0.4, -0.2) is 69.5 Å².